The number of aldehydes is 1. The number of benzene rings is 2. The maximum atomic E-state index is 11.3. The van der Waals surface area contributed by atoms with Gasteiger partial charge in [0.25, 0.3) is 0 Å². The Morgan fingerprint density at radius 1 is 1.31 bits per heavy atom. The molecule has 0 radical (unpaired) electrons. The van der Waals surface area contributed by atoms with Gasteiger partial charge in [0.1, 0.15) is 12.4 Å². The van der Waals surface area contributed by atoms with Crippen LogP contribution in [-0.4, -0.2) is 41.5 Å². The molecule has 1 atom stereocenters. The van der Waals surface area contributed by atoms with E-state index in [9.17, 15) is 20.0 Å². The molecule has 2 N–H and O–H groups in total. The average Bonchev–Trinajstić information content (AvgIpc) is 3.20. The predicted octanol–water partition coefficient (Wildman–Crippen LogP) is 4.81. The quantitative estimate of drug-likeness (QED) is 0.608. The molecule has 0 spiro atoms. The summed E-state index contributed by atoms with van der Waals surface area (Å²) in [6.45, 7) is 1.00. The van der Waals surface area contributed by atoms with Crippen LogP contribution in [0.4, 0.5) is 10.5 Å². The van der Waals surface area contributed by atoms with Gasteiger partial charge in [0, 0.05) is 40.6 Å². The van der Waals surface area contributed by atoms with Crippen LogP contribution in [0.2, 0.25) is 0 Å². The molecule has 1 aliphatic heterocycles. The molecule has 7 heteroatoms. The van der Waals surface area contributed by atoms with Crippen molar-refractivity contribution in [2.75, 3.05) is 18.4 Å². The van der Waals surface area contributed by atoms with Gasteiger partial charge in [-0.15, -0.1) is 11.3 Å². The van der Waals surface area contributed by atoms with Gasteiger partial charge in [0.2, 0.25) is 0 Å². The molecule has 1 amide bonds. The van der Waals surface area contributed by atoms with Gasteiger partial charge in [0.05, 0.1) is 10.3 Å². The van der Waals surface area contributed by atoms with Gasteiger partial charge in [0.15, 0.2) is 0 Å². The number of hydrogen-bond acceptors (Lipinski definition) is 5. The van der Waals surface area contributed by atoms with E-state index in [4.69, 9.17) is 0 Å². The van der Waals surface area contributed by atoms with Gasteiger partial charge in [-0.05, 0) is 42.7 Å². The molecule has 0 bridgehead atoms. The fraction of sp³-hybridized carbons (Fsp3) is 0.227. The van der Waals surface area contributed by atoms with Crippen molar-refractivity contribution in [2.45, 2.75) is 18.9 Å². The smallest absolute Gasteiger partial charge is 0.407 e. The molecule has 6 nitrogen and oxygen atoms in total. The van der Waals surface area contributed by atoms with E-state index < -0.39 is 6.09 Å². The molecule has 0 unspecified atom stereocenters. The van der Waals surface area contributed by atoms with E-state index in [-0.39, 0.29) is 6.04 Å². The number of fused-ring (bicyclic) bond motifs is 1. The first-order valence-corrected chi connectivity index (χ1v) is 10.2. The van der Waals surface area contributed by atoms with Gasteiger partial charge in [-0.25, -0.2) is 4.79 Å². The minimum atomic E-state index is -0.894. The van der Waals surface area contributed by atoms with E-state index in [0.29, 0.717) is 24.2 Å². The molecule has 2 heterocycles. The topological polar surface area (TPSA) is 93.4 Å². The third kappa shape index (κ3) is 3.80. The van der Waals surface area contributed by atoms with Crippen molar-refractivity contribution in [3.05, 3.63) is 53.6 Å². The SMILES string of the molecule is N#Cc1ccc(N[C@H]2CCCN(C(=O)O)C2)c2cc(-c3cccc(C=O)c3)sc12. The number of anilines is 1. The predicted molar refractivity (Wildman–Crippen MR) is 114 cm³/mol. The van der Waals surface area contributed by atoms with Crippen LogP contribution in [0, 0.1) is 11.3 Å². The lowest BCUT2D eigenvalue weighted by Gasteiger charge is -2.32. The Labute approximate surface area is 172 Å². The first-order valence-electron chi connectivity index (χ1n) is 9.35. The second kappa shape index (κ2) is 7.94. The van der Waals surface area contributed by atoms with Crippen molar-refractivity contribution in [3.63, 3.8) is 0 Å². The molecule has 0 aliphatic carbocycles. The third-order valence-corrected chi connectivity index (χ3v) is 6.38. The summed E-state index contributed by atoms with van der Waals surface area (Å²) in [7, 11) is 0. The molecule has 2 aromatic carbocycles. The summed E-state index contributed by atoms with van der Waals surface area (Å²) in [6.07, 6.45) is 1.64. The highest BCUT2D eigenvalue weighted by molar-refractivity contribution is 7.22. The summed E-state index contributed by atoms with van der Waals surface area (Å²) >= 11 is 1.52. The molecular formula is C22H19N3O3S. The Bertz CT molecular complexity index is 1130. The maximum absolute atomic E-state index is 11.3. The molecule has 0 saturated carbocycles. The minimum absolute atomic E-state index is 0.0257. The fourth-order valence-corrected chi connectivity index (χ4v) is 4.88. The summed E-state index contributed by atoms with van der Waals surface area (Å²) in [5.74, 6) is 0. The molecular weight excluding hydrogens is 386 g/mol. The number of nitrogens with zero attached hydrogens (tertiary/aromatic N) is 2. The van der Waals surface area contributed by atoms with Gasteiger partial charge >= 0.3 is 6.09 Å². The Kier molecular flexibility index (Phi) is 5.19. The summed E-state index contributed by atoms with van der Waals surface area (Å²) in [6, 6.07) is 15.4. The van der Waals surface area contributed by atoms with Crippen molar-refractivity contribution < 1.29 is 14.7 Å². The van der Waals surface area contributed by atoms with Crippen LogP contribution in [0.3, 0.4) is 0 Å². The van der Waals surface area contributed by atoms with Crippen LogP contribution in [-0.2, 0) is 0 Å². The van der Waals surface area contributed by atoms with E-state index in [1.165, 1.54) is 16.2 Å². The number of nitrogens with one attached hydrogen (secondary N) is 1. The Hall–Kier alpha value is -3.37. The lowest BCUT2D eigenvalue weighted by molar-refractivity contribution is 0.112. The van der Waals surface area contributed by atoms with E-state index >= 15 is 0 Å². The molecule has 1 aliphatic rings. The number of piperidine rings is 1. The number of nitriles is 1. The van der Waals surface area contributed by atoms with Gasteiger partial charge in [-0.2, -0.15) is 5.26 Å². The second-order valence-electron chi connectivity index (χ2n) is 7.08. The number of thiophene rings is 1. The van der Waals surface area contributed by atoms with E-state index in [1.54, 1.807) is 12.1 Å². The lowest BCUT2D eigenvalue weighted by atomic mass is 10.0. The maximum Gasteiger partial charge on any atom is 0.407 e. The van der Waals surface area contributed by atoms with Crippen LogP contribution in [0.1, 0.15) is 28.8 Å². The number of hydrogen-bond donors (Lipinski definition) is 2. The van der Waals surface area contributed by atoms with Crippen LogP contribution in [0.15, 0.2) is 42.5 Å². The fourth-order valence-electron chi connectivity index (χ4n) is 3.73. The summed E-state index contributed by atoms with van der Waals surface area (Å²) in [5.41, 5.74) is 3.03. The number of amides is 1. The molecule has 1 aromatic heterocycles. The lowest BCUT2D eigenvalue weighted by Crippen LogP contribution is -2.44. The molecule has 1 fully saturated rings. The zero-order valence-electron chi connectivity index (χ0n) is 15.6. The highest BCUT2D eigenvalue weighted by Gasteiger charge is 2.24. The van der Waals surface area contributed by atoms with Crippen molar-refractivity contribution in [1.29, 1.82) is 5.26 Å². The number of rotatable bonds is 4. The van der Waals surface area contributed by atoms with Crippen LogP contribution in [0.25, 0.3) is 20.5 Å². The van der Waals surface area contributed by atoms with Gasteiger partial charge < -0.3 is 15.3 Å². The first-order chi connectivity index (χ1) is 14.1. The monoisotopic (exact) mass is 405 g/mol. The Morgan fingerprint density at radius 3 is 2.93 bits per heavy atom. The number of carbonyl (C=O) groups is 2. The summed E-state index contributed by atoms with van der Waals surface area (Å²) in [5, 5.41) is 23.2. The molecule has 3 aromatic rings. The van der Waals surface area contributed by atoms with Crippen LogP contribution >= 0.6 is 11.3 Å². The highest BCUT2D eigenvalue weighted by atomic mass is 32.1. The van der Waals surface area contributed by atoms with E-state index in [0.717, 1.165) is 45.3 Å². The number of likely N-dealkylation sites (tertiary alicyclic amines) is 1. The zero-order chi connectivity index (χ0) is 20.4. The molecule has 146 valence electrons. The van der Waals surface area contributed by atoms with E-state index in [1.807, 2.05) is 30.3 Å². The second-order valence-corrected chi connectivity index (χ2v) is 8.13. The zero-order valence-corrected chi connectivity index (χ0v) is 16.4. The third-order valence-electron chi connectivity index (χ3n) is 5.16. The van der Waals surface area contributed by atoms with Crippen molar-refractivity contribution in [2.24, 2.45) is 0 Å². The number of carboxylic acid groups (broad SMARTS) is 1. The van der Waals surface area contributed by atoms with Crippen LogP contribution in [0.5, 0.6) is 0 Å². The van der Waals surface area contributed by atoms with Crippen molar-refractivity contribution in [1.82, 2.24) is 4.90 Å². The van der Waals surface area contributed by atoms with Crippen molar-refractivity contribution >= 4 is 39.5 Å². The molecule has 29 heavy (non-hydrogen) atoms. The standard InChI is InChI=1S/C22H19N3O3S/c23-11-16-6-7-19(24-17-5-2-8-25(12-17)22(27)28)18-10-20(29-21(16)18)15-4-1-3-14(9-15)13-26/h1,3-4,6-7,9-10,13,17,24H,2,5,8,12H2,(H,27,28)/t17-/m0/s1. The Morgan fingerprint density at radius 2 is 2.17 bits per heavy atom. The molecule has 4 rings (SSSR count). The first kappa shape index (κ1) is 19.0. The van der Waals surface area contributed by atoms with Gasteiger partial charge in [-0.3, -0.25) is 4.79 Å². The summed E-state index contributed by atoms with van der Waals surface area (Å²) in [4.78, 5) is 24.8. The summed E-state index contributed by atoms with van der Waals surface area (Å²) < 4.78 is 0.884. The normalized spacial score (nSPS) is 16.4. The largest absolute Gasteiger partial charge is 0.465 e. The van der Waals surface area contributed by atoms with Crippen LogP contribution < -0.4 is 5.32 Å². The number of carbonyl (C=O) groups excluding carboxylic acids is 1. The van der Waals surface area contributed by atoms with E-state index in [2.05, 4.69) is 11.4 Å². The minimum Gasteiger partial charge on any atom is -0.465 e. The highest BCUT2D eigenvalue weighted by Crippen LogP contribution is 2.39. The average molecular weight is 405 g/mol. The molecule has 1 saturated heterocycles. The van der Waals surface area contributed by atoms with Crippen molar-refractivity contribution in [3.8, 4) is 16.5 Å². The Balaban J connectivity index is 1.71. The van der Waals surface area contributed by atoms with Gasteiger partial charge in [-0.1, -0.05) is 18.2 Å².